The maximum Gasteiger partial charge on any atom is -0.00139 e. The van der Waals surface area contributed by atoms with Crippen molar-refractivity contribution in [2.45, 2.75) is 0 Å². The minimum atomic E-state index is 1.20. The summed E-state index contributed by atoms with van der Waals surface area (Å²) in [5, 5.41) is 10.0. The molecule has 0 aromatic heterocycles. The van der Waals surface area contributed by atoms with Crippen LogP contribution in [0.25, 0.3) is 98.7 Å². The summed E-state index contributed by atoms with van der Waals surface area (Å²) in [7, 11) is 0. The lowest BCUT2D eigenvalue weighted by Crippen LogP contribution is -1.95. The molecule has 0 aliphatic heterocycles. The molecule has 0 unspecified atom stereocenters. The predicted octanol–water partition coefficient (Wildman–Crippen LogP) is 14.6. The van der Waals surface area contributed by atoms with Crippen LogP contribution in [-0.4, -0.2) is 0 Å². The Kier molecular flexibility index (Phi) is 7.25. The van der Waals surface area contributed by atoms with Crippen LogP contribution in [0.4, 0.5) is 0 Å². The number of benzene rings is 10. The number of rotatable bonds is 5. The summed E-state index contributed by atoms with van der Waals surface area (Å²) in [5.74, 6) is 0. The van der Waals surface area contributed by atoms with E-state index in [1.54, 1.807) is 0 Å². The van der Waals surface area contributed by atoms with Gasteiger partial charge < -0.3 is 0 Å². The molecule has 0 saturated heterocycles. The molecule has 52 heavy (non-hydrogen) atoms. The fraction of sp³-hybridized carbons (Fsp3) is 0. The molecule has 0 amide bonds. The van der Waals surface area contributed by atoms with E-state index in [1.807, 2.05) is 0 Å². The van der Waals surface area contributed by atoms with E-state index in [0.29, 0.717) is 0 Å². The SMILES string of the molecule is c1ccc(-c2ccc(-c3cccc4c(-c5cccc6ccccc56)c5ccccc5c(-c5ccccc5-c5ccc6ccccc6c5)c34)cc2)cc1. The lowest BCUT2D eigenvalue weighted by atomic mass is 9.80. The van der Waals surface area contributed by atoms with Crippen molar-refractivity contribution < 1.29 is 0 Å². The van der Waals surface area contributed by atoms with Crippen molar-refractivity contribution in [3.8, 4) is 55.6 Å². The third-order valence-electron chi connectivity index (χ3n) is 10.7. The van der Waals surface area contributed by atoms with Crippen molar-refractivity contribution in [2.75, 3.05) is 0 Å². The second-order valence-electron chi connectivity index (χ2n) is 13.6. The monoisotopic (exact) mass is 658 g/mol. The van der Waals surface area contributed by atoms with E-state index in [0.717, 1.165) is 0 Å². The summed E-state index contributed by atoms with van der Waals surface area (Å²) < 4.78 is 0. The molecule has 0 fully saturated rings. The Labute approximate surface area is 303 Å². The molecular formula is C52H34. The van der Waals surface area contributed by atoms with Gasteiger partial charge in [-0.25, -0.2) is 0 Å². The number of fused-ring (bicyclic) bond motifs is 4. The largest absolute Gasteiger partial charge is 0.0622 e. The van der Waals surface area contributed by atoms with Crippen LogP contribution in [0.15, 0.2) is 206 Å². The standard InChI is InChI=1S/C52H34/c1-2-14-35(15-3-1)37-28-31-39(32-29-37)44-25-13-27-49-50(45-26-12-19-38-17-6-7-20-42(38)45)47-23-10-11-24-48(47)52(51(44)49)46-22-9-8-21-43(46)41-33-30-36-16-4-5-18-40(36)34-41/h1-34H. The molecule has 10 aromatic carbocycles. The Morgan fingerprint density at radius 1 is 0.212 bits per heavy atom. The second-order valence-corrected chi connectivity index (χ2v) is 13.6. The molecule has 0 radical (unpaired) electrons. The van der Waals surface area contributed by atoms with Crippen molar-refractivity contribution in [3.63, 3.8) is 0 Å². The molecule has 0 bridgehead atoms. The van der Waals surface area contributed by atoms with Gasteiger partial charge in [-0.2, -0.15) is 0 Å². The Balaban J connectivity index is 1.33. The van der Waals surface area contributed by atoms with Crippen molar-refractivity contribution in [3.05, 3.63) is 206 Å². The van der Waals surface area contributed by atoms with Gasteiger partial charge in [0, 0.05) is 0 Å². The lowest BCUT2D eigenvalue weighted by Gasteiger charge is -2.22. The van der Waals surface area contributed by atoms with Gasteiger partial charge in [0.1, 0.15) is 0 Å². The summed E-state index contributed by atoms with van der Waals surface area (Å²) in [6.45, 7) is 0. The van der Waals surface area contributed by atoms with Gasteiger partial charge in [-0.3, -0.25) is 0 Å². The van der Waals surface area contributed by atoms with Crippen LogP contribution < -0.4 is 0 Å². The van der Waals surface area contributed by atoms with Gasteiger partial charge in [0.15, 0.2) is 0 Å². The minimum Gasteiger partial charge on any atom is -0.0622 e. The third-order valence-corrected chi connectivity index (χ3v) is 10.7. The summed E-state index contributed by atoms with van der Waals surface area (Å²) in [5.41, 5.74) is 12.3. The Morgan fingerprint density at radius 2 is 0.712 bits per heavy atom. The van der Waals surface area contributed by atoms with E-state index < -0.39 is 0 Å². The van der Waals surface area contributed by atoms with Crippen molar-refractivity contribution >= 4 is 43.1 Å². The maximum atomic E-state index is 2.34. The molecule has 10 rings (SSSR count). The molecule has 0 heterocycles. The van der Waals surface area contributed by atoms with Gasteiger partial charge in [-0.05, 0) is 105 Å². The average molecular weight is 659 g/mol. The molecule has 0 N–H and O–H groups in total. The molecule has 0 spiro atoms. The number of hydrogen-bond donors (Lipinski definition) is 0. The zero-order valence-electron chi connectivity index (χ0n) is 28.6. The van der Waals surface area contributed by atoms with Crippen LogP contribution in [0.2, 0.25) is 0 Å². The fourth-order valence-corrected chi connectivity index (χ4v) is 8.27. The van der Waals surface area contributed by atoms with Gasteiger partial charge in [-0.15, -0.1) is 0 Å². The van der Waals surface area contributed by atoms with Crippen molar-refractivity contribution in [1.29, 1.82) is 0 Å². The zero-order chi connectivity index (χ0) is 34.4. The molecule has 242 valence electrons. The molecule has 0 aliphatic rings. The van der Waals surface area contributed by atoms with Crippen LogP contribution >= 0.6 is 0 Å². The topological polar surface area (TPSA) is 0 Å². The van der Waals surface area contributed by atoms with Gasteiger partial charge in [-0.1, -0.05) is 200 Å². The molecule has 0 nitrogen and oxygen atoms in total. The van der Waals surface area contributed by atoms with E-state index in [2.05, 4.69) is 206 Å². The first kappa shape index (κ1) is 30.1. The average Bonchev–Trinajstić information content (AvgIpc) is 3.22. The quantitative estimate of drug-likeness (QED) is 0.161. The second kappa shape index (κ2) is 12.5. The van der Waals surface area contributed by atoms with Crippen molar-refractivity contribution in [1.82, 2.24) is 0 Å². The van der Waals surface area contributed by atoms with E-state index in [-0.39, 0.29) is 0 Å². The minimum absolute atomic E-state index is 1.20. The predicted molar refractivity (Wildman–Crippen MR) is 224 cm³/mol. The Hall–Kier alpha value is -6.76. The van der Waals surface area contributed by atoms with Gasteiger partial charge >= 0.3 is 0 Å². The summed E-state index contributed by atoms with van der Waals surface area (Å²) in [6.07, 6.45) is 0. The fourth-order valence-electron chi connectivity index (χ4n) is 8.27. The van der Waals surface area contributed by atoms with Crippen LogP contribution in [0.5, 0.6) is 0 Å². The molecule has 10 aromatic rings. The Morgan fingerprint density at radius 3 is 1.52 bits per heavy atom. The summed E-state index contributed by atoms with van der Waals surface area (Å²) in [4.78, 5) is 0. The van der Waals surface area contributed by atoms with Crippen molar-refractivity contribution in [2.24, 2.45) is 0 Å². The van der Waals surface area contributed by atoms with E-state index in [9.17, 15) is 0 Å². The molecule has 0 aliphatic carbocycles. The van der Waals surface area contributed by atoms with Crippen LogP contribution in [0.3, 0.4) is 0 Å². The van der Waals surface area contributed by atoms with E-state index in [4.69, 9.17) is 0 Å². The first-order valence-electron chi connectivity index (χ1n) is 18.0. The Bertz CT molecular complexity index is 2930. The first-order valence-corrected chi connectivity index (χ1v) is 18.0. The van der Waals surface area contributed by atoms with E-state index in [1.165, 1.54) is 98.7 Å². The third kappa shape index (κ3) is 5.00. The highest BCUT2D eigenvalue weighted by Gasteiger charge is 2.22. The molecule has 0 atom stereocenters. The van der Waals surface area contributed by atoms with Crippen LogP contribution in [-0.2, 0) is 0 Å². The summed E-state index contributed by atoms with van der Waals surface area (Å²) >= 11 is 0. The molecular weight excluding hydrogens is 625 g/mol. The number of hydrogen-bond acceptors (Lipinski definition) is 0. The van der Waals surface area contributed by atoms with Crippen LogP contribution in [0.1, 0.15) is 0 Å². The van der Waals surface area contributed by atoms with Gasteiger partial charge in [0.05, 0.1) is 0 Å². The maximum absolute atomic E-state index is 2.34. The summed E-state index contributed by atoms with van der Waals surface area (Å²) in [6, 6.07) is 75.6. The lowest BCUT2D eigenvalue weighted by molar-refractivity contribution is 1.60. The van der Waals surface area contributed by atoms with Gasteiger partial charge in [0.2, 0.25) is 0 Å². The van der Waals surface area contributed by atoms with Gasteiger partial charge in [0.25, 0.3) is 0 Å². The molecule has 0 heteroatoms. The highest BCUT2D eigenvalue weighted by molar-refractivity contribution is 6.27. The van der Waals surface area contributed by atoms with Crippen LogP contribution in [0, 0.1) is 0 Å². The highest BCUT2D eigenvalue weighted by Crippen LogP contribution is 2.50. The highest BCUT2D eigenvalue weighted by atomic mass is 14.2. The normalized spacial score (nSPS) is 11.5. The molecule has 0 saturated carbocycles. The zero-order valence-corrected chi connectivity index (χ0v) is 28.6. The smallest absolute Gasteiger partial charge is 0.00139 e. The first-order chi connectivity index (χ1) is 25.8. The van der Waals surface area contributed by atoms with E-state index >= 15 is 0 Å².